The normalized spacial score (nSPS) is 13.4. The molecule has 0 saturated carbocycles. The van der Waals surface area contributed by atoms with Gasteiger partial charge in [0.1, 0.15) is 19.2 Å². The number of hydrogen-bond donors (Lipinski definition) is 0. The average Bonchev–Trinajstić information content (AvgIpc) is 3.85. The molecule has 2 aromatic carbocycles. The molecule has 1 aliphatic heterocycles. The summed E-state index contributed by atoms with van der Waals surface area (Å²) in [4.78, 5) is 20.4. The molecule has 1 amide bonds. The topological polar surface area (TPSA) is 119 Å². The van der Waals surface area contributed by atoms with Crippen LogP contribution in [-0.2, 0) is 47.2 Å². The van der Waals surface area contributed by atoms with Gasteiger partial charge >= 0.3 is 0 Å². The Morgan fingerprint density at radius 2 is 1.49 bits per heavy atom. The summed E-state index contributed by atoms with van der Waals surface area (Å²) in [6, 6.07) is 14.2. The number of imidazole rings is 1. The lowest BCUT2D eigenvalue weighted by atomic mass is 9.96. The molecule has 3 aromatic heterocycles. The number of carbonyl (C=O) groups is 1. The van der Waals surface area contributed by atoms with Crippen molar-refractivity contribution in [1.82, 2.24) is 34.4 Å². The van der Waals surface area contributed by atoms with Crippen LogP contribution in [0.4, 0.5) is 4.39 Å². The molecule has 6 rings (SSSR count). The summed E-state index contributed by atoms with van der Waals surface area (Å²) in [5.74, 6) is 0.297. The summed E-state index contributed by atoms with van der Waals surface area (Å²) >= 11 is 0. The first-order valence-electron chi connectivity index (χ1n) is 20.7. The number of halogens is 1. The van der Waals surface area contributed by atoms with Gasteiger partial charge < -0.3 is 28.4 Å². The van der Waals surface area contributed by atoms with E-state index >= 15 is 4.39 Å². The molecular weight excluding hydrogens is 798 g/mol. The van der Waals surface area contributed by atoms with Gasteiger partial charge in [-0.3, -0.25) is 4.79 Å². The van der Waals surface area contributed by atoms with Gasteiger partial charge in [-0.25, -0.2) is 14.1 Å². The van der Waals surface area contributed by atoms with E-state index in [1.807, 2.05) is 16.8 Å². The number of hydrogen-bond acceptors (Lipinski definition) is 9. The highest BCUT2D eigenvalue weighted by molar-refractivity contribution is 6.76. The second kappa shape index (κ2) is 18.7. The Bertz CT molecular complexity index is 2230. The number of benzene rings is 2. The number of aryl methyl sites for hydroxylation is 1. The summed E-state index contributed by atoms with van der Waals surface area (Å²) < 4.78 is 43.8. The number of aromatic nitrogens is 6. The van der Waals surface area contributed by atoms with E-state index in [-0.39, 0.29) is 31.9 Å². The molecule has 0 N–H and O–H groups in total. The maximum atomic E-state index is 15.7. The van der Waals surface area contributed by atoms with Gasteiger partial charge in [-0.15, -0.1) is 0 Å². The Morgan fingerprint density at radius 3 is 2.14 bits per heavy atom. The molecule has 12 nitrogen and oxygen atoms in total. The van der Waals surface area contributed by atoms with Gasteiger partial charge in [0.2, 0.25) is 0 Å². The lowest BCUT2D eigenvalue weighted by Gasteiger charge is -2.18. The fourth-order valence-electron chi connectivity index (χ4n) is 6.80. The SMILES string of the molecule is CCc1cc(OCOCC[Si](C)(C)C)c(F)cc1-c1ccc2c(-c3nc4c(n3COCC[Si](C)(C)C)CN(C(=O)c3ccnnc3)C4)nn(COCC[Si](C)(C)C)c2c1. The Balaban J connectivity index is 1.35. The van der Waals surface area contributed by atoms with Gasteiger partial charge in [-0.2, -0.15) is 15.3 Å². The van der Waals surface area contributed by atoms with Crippen molar-refractivity contribution in [1.29, 1.82) is 0 Å². The lowest BCUT2D eigenvalue weighted by Crippen LogP contribution is -2.27. The van der Waals surface area contributed by atoms with Crippen LogP contribution < -0.4 is 4.74 Å². The first-order valence-corrected chi connectivity index (χ1v) is 31.9. The predicted octanol–water partition coefficient (Wildman–Crippen LogP) is 9.53. The zero-order valence-corrected chi connectivity index (χ0v) is 39.7. The van der Waals surface area contributed by atoms with Gasteiger partial charge in [-0.05, 0) is 71.6 Å². The monoisotopic (exact) mass is 859 g/mol. The predicted molar refractivity (Wildman–Crippen MR) is 239 cm³/mol. The fraction of sp³-hybridized carbons (Fsp3) is 0.512. The van der Waals surface area contributed by atoms with Crippen LogP contribution in [-0.4, -0.2) is 91.2 Å². The van der Waals surface area contributed by atoms with Crippen molar-refractivity contribution in [3.8, 4) is 28.4 Å². The second-order valence-corrected chi connectivity index (χ2v) is 36.0. The molecule has 0 saturated heterocycles. The zero-order valence-electron chi connectivity index (χ0n) is 36.7. The standard InChI is InChI=1S/C43H62FN7O5Si3/c1-11-31-23-40(56-30-55-18-21-59(8,9)10)36(44)24-35(31)32-12-13-34-38(22-32)51(29-54-17-20-58(5,6)7)48-41(34)42-47-37-26-49(43(52)33-14-15-45-46-25-33)27-39(37)50(42)28-53-16-19-57(2,3)4/h12-15,22-25H,11,16-21,26-30H2,1-10H3. The highest BCUT2D eigenvalue weighted by Crippen LogP contribution is 2.37. The van der Waals surface area contributed by atoms with Crippen LogP contribution in [0.5, 0.6) is 5.75 Å². The van der Waals surface area contributed by atoms with Gasteiger partial charge in [0.25, 0.3) is 5.91 Å². The van der Waals surface area contributed by atoms with E-state index in [1.165, 1.54) is 12.4 Å². The van der Waals surface area contributed by atoms with Crippen molar-refractivity contribution in [2.75, 3.05) is 26.6 Å². The molecule has 59 heavy (non-hydrogen) atoms. The molecule has 318 valence electrons. The van der Waals surface area contributed by atoms with Gasteiger partial charge in [0.15, 0.2) is 24.2 Å². The van der Waals surface area contributed by atoms with Crippen molar-refractivity contribution in [2.24, 2.45) is 0 Å². The molecule has 0 atom stereocenters. The first kappa shape index (κ1) is 44.5. The molecule has 5 aromatic rings. The minimum Gasteiger partial charge on any atom is -0.464 e. The number of nitrogens with zero attached hydrogens (tertiary/aromatic N) is 7. The molecule has 0 unspecified atom stereocenters. The highest BCUT2D eigenvalue weighted by atomic mass is 28.3. The van der Waals surface area contributed by atoms with Crippen molar-refractivity contribution < 1.29 is 28.1 Å². The molecule has 0 spiro atoms. The van der Waals surface area contributed by atoms with Crippen LogP contribution >= 0.6 is 0 Å². The Kier molecular flexibility index (Phi) is 14.1. The quantitative estimate of drug-likeness (QED) is 0.0429. The molecule has 4 heterocycles. The number of amides is 1. The molecule has 16 heteroatoms. The third kappa shape index (κ3) is 11.6. The summed E-state index contributed by atoms with van der Waals surface area (Å²) in [7, 11) is -3.91. The Morgan fingerprint density at radius 1 is 0.814 bits per heavy atom. The van der Waals surface area contributed by atoms with Crippen LogP contribution in [0, 0.1) is 5.82 Å². The number of ether oxygens (including phenoxy) is 4. The largest absolute Gasteiger partial charge is 0.464 e. The first-order chi connectivity index (χ1) is 27.9. The van der Waals surface area contributed by atoms with Gasteiger partial charge in [-0.1, -0.05) is 71.9 Å². The van der Waals surface area contributed by atoms with Crippen LogP contribution in [0.15, 0.2) is 48.8 Å². The van der Waals surface area contributed by atoms with E-state index in [0.717, 1.165) is 57.1 Å². The molecule has 1 aliphatic rings. The summed E-state index contributed by atoms with van der Waals surface area (Å²) in [6.45, 7) is 26.1. The molecule has 0 aliphatic carbocycles. The lowest BCUT2D eigenvalue weighted by molar-refractivity contribution is 0.0197. The summed E-state index contributed by atoms with van der Waals surface area (Å²) in [6.07, 6.45) is 3.70. The average molecular weight is 860 g/mol. The minimum atomic E-state index is -1.34. The van der Waals surface area contributed by atoms with Gasteiger partial charge in [0, 0.05) is 49.4 Å². The second-order valence-electron chi connectivity index (χ2n) is 19.1. The summed E-state index contributed by atoms with van der Waals surface area (Å²) in [5, 5.41) is 13.8. The van der Waals surface area contributed by atoms with Crippen molar-refractivity contribution >= 4 is 41.0 Å². The third-order valence-electron chi connectivity index (χ3n) is 10.5. The van der Waals surface area contributed by atoms with E-state index in [0.29, 0.717) is 56.4 Å². The van der Waals surface area contributed by atoms with E-state index in [1.54, 1.807) is 23.1 Å². The maximum Gasteiger partial charge on any atom is 0.256 e. The third-order valence-corrected chi connectivity index (χ3v) is 15.6. The smallest absolute Gasteiger partial charge is 0.256 e. The van der Waals surface area contributed by atoms with Crippen molar-refractivity contribution in [2.45, 2.75) is 117 Å². The van der Waals surface area contributed by atoms with Crippen LogP contribution in [0.25, 0.3) is 33.5 Å². The van der Waals surface area contributed by atoms with E-state index in [2.05, 4.69) is 86.7 Å². The van der Waals surface area contributed by atoms with Crippen molar-refractivity contribution in [3.63, 3.8) is 0 Å². The zero-order chi connectivity index (χ0) is 42.5. The van der Waals surface area contributed by atoms with E-state index < -0.39 is 30.0 Å². The van der Waals surface area contributed by atoms with E-state index in [4.69, 9.17) is 29.0 Å². The summed E-state index contributed by atoms with van der Waals surface area (Å²) in [5.41, 5.74) is 6.36. The van der Waals surface area contributed by atoms with Crippen LogP contribution in [0.3, 0.4) is 0 Å². The Hall–Kier alpha value is -4.07. The molecule has 0 radical (unpaired) electrons. The number of fused-ring (bicyclic) bond motifs is 2. The van der Waals surface area contributed by atoms with E-state index in [9.17, 15) is 4.79 Å². The number of rotatable bonds is 20. The molecule has 0 bridgehead atoms. The van der Waals surface area contributed by atoms with Crippen LogP contribution in [0.2, 0.25) is 77.1 Å². The Labute approximate surface area is 351 Å². The fourth-order valence-corrected chi connectivity index (χ4v) is 9.07. The van der Waals surface area contributed by atoms with Gasteiger partial charge in [0.05, 0.1) is 48.0 Å². The van der Waals surface area contributed by atoms with Crippen LogP contribution in [0.1, 0.15) is 34.2 Å². The maximum absolute atomic E-state index is 15.7. The highest BCUT2D eigenvalue weighted by Gasteiger charge is 2.33. The molecule has 0 fully saturated rings. The number of carbonyl (C=O) groups excluding carboxylic acids is 1. The molecular formula is C43H62FN7O5Si3. The minimum absolute atomic E-state index is 0.00856. The van der Waals surface area contributed by atoms with Crippen molar-refractivity contribution in [3.05, 3.63) is 77.1 Å².